The van der Waals surface area contributed by atoms with Crippen molar-refractivity contribution in [1.29, 1.82) is 0 Å². The number of carbonyl (C=O) groups excluding carboxylic acids is 1. The van der Waals surface area contributed by atoms with Gasteiger partial charge in [-0.15, -0.1) is 11.3 Å². The maximum Gasteiger partial charge on any atom is 0.350 e. The van der Waals surface area contributed by atoms with Gasteiger partial charge in [0.1, 0.15) is 4.88 Å². The molecule has 20 heavy (non-hydrogen) atoms. The summed E-state index contributed by atoms with van der Waals surface area (Å²) in [6, 6.07) is 1.77. The normalized spacial score (nSPS) is 19.8. The van der Waals surface area contributed by atoms with E-state index in [0.717, 1.165) is 24.7 Å². The van der Waals surface area contributed by atoms with Crippen LogP contribution >= 0.6 is 11.3 Å². The first-order valence-corrected chi connectivity index (χ1v) is 7.52. The predicted molar refractivity (Wildman–Crippen MR) is 80.4 cm³/mol. The first-order chi connectivity index (χ1) is 9.60. The van der Waals surface area contributed by atoms with E-state index in [9.17, 15) is 4.79 Å². The number of nitrogen functional groups attached to an aromatic ring is 1. The average Bonchev–Trinajstić information content (AvgIpc) is 2.78. The van der Waals surface area contributed by atoms with Crippen LogP contribution in [0.25, 0.3) is 0 Å². The maximum absolute atomic E-state index is 11.7. The van der Waals surface area contributed by atoms with Crippen molar-refractivity contribution in [2.24, 2.45) is 0 Å². The molecule has 1 aliphatic rings. The Morgan fingerprint density at radius 2 is 2.50 bits per heavy atom. The average molecular weight is 299 g/mol. The van der Waals surface area contributed by atoms with Gasteiger partial charge in [0.05, 0.1) is 30.0 Å². The molecule has 1 aromatic heterocycles. The van der Waals surface area contributed by atoms with Gasteiger partial charge in [-0.1, -0.05) is 0 Å². The zero-order chi connectivity index (χ0) is 14.5. The van der Waals surface area contributed by atoms with Crippen LogP contribution in [0.4, 0.5) is 10.7 Å². The molecule has 3 N–H and O–H groups in total. The number of rotatable bonds is 5. The van der Waals surface area contributed by atoms with Crippen LogP contribution in [0.15, 0.2) is 6.07 Å². The van der Waals surface area contributed by atoms with Crippen molar-refractivity contribution in [2.75, 3.05) is 50.9 Å². The van der Waals surface area contributed by atoms with Gasteiger partial charge in [-0.3, -0.25) is 0 Å². The Bertz CT molecular complexity index is 464. The summed E-state index contributed by atoms with van der Waals surface area (Å²) in [4.78, 5) is 14.4. The van der Waals surface area contributed by atoms with Crippen LogP contribution in [0.5, 0.6) is 0 Å². The number of hydrogen-bond donors (Lipinski definition) is 2. The second-order valence-corrected chi connectivity index (χ2v) is 5.80. The highest BCUT2D eigenvalue weighted by molar-refractivity contribution is 7.18. The van der Waals surface area contributed by atoms with Crippen molar-refractivity contribution in [1.82, 2.24) is 4.90 Å². The van der Waals surface area contributed by atoms with E-state index in [4.69, 9.17) is 15.2 Å². The number of morpholine rings is 1. The molecule has 2 heterocycles. The number of ether oxygens (including phenoxy) is 2. The van der Waals surface area contributed by atoms with Gasteiger partial charge in [-0.2, -0.15) is 0 Å². The third-order valence-electron chi connectivity index (χ3n) is 3.07. The van der Waals surface area contributed by atoms with Crippen LogP contribution in [-0.2, 0) is 9.47 Å². The lowest BCUT2D eigenvalue weighted by atomic mass is 10.3. The summed E-state index contributed by atoms with van der Waals surface area (Å²) in [5.74, 6) is -0.364. The van der Waals surface area contributed by atoms with E-state index in [2.05, 4.69) is 17.3 Å². The fraction of sp³-hybridized carbons (Fsp3) is 0.615. The standard InChI is InChI=1S/C13H21N3O3S/c1-3-18-13(17)12-10(14)6-11(20-12)15-7-9-8-16(2)4-5-19-9/h6,9,15H,3-5,7-8,14H2,1-2H3. The lowest BCUT2D eigenvalue weighted by Crippen LogP contribution is -2.43. The number of nitrogens with zero attached hydrogens (tertiary/aromatic N) is 1. The van der Waals surface area contributed by atoms with E-state index >= 15 is 0 Å². The molecule has 7 heteroatoms. The molecule has 1 unspecified atom stereocenters. The van der Waals surface area contributed by atoms with Crippen LogP contribution in [0.2, 0.25) is 0 Å². The SMILES string of the molecule is CCOC(=O)c1sc(NCC2CN(C)CCO2)cc1N. The Hall–Kier alpha value is -1.31. The molecule has 1 fully saturated rings. The molecular formula is C13H21N3O3S. The fourth-order valence-corrected chi connectivity index (χ4v) is 2.93. The molecule has 2 rings (SSSR count). The summed E-state index contributed by atoms with van der Waals surface area (Å²) in [5, 5.41) is 4.14. The Morgan fingerprint density at radius 3 is 3.20 bits per heavy atom. The van der Waals surface area contributed by atoms with Crippen molar-refractivity contribution >= 4 is 28.0 Å². The molecule has 0 amide bonds. The van der Waals surface area contributed by atoms with Crippen LogP contribution in [0.1, 0.15) is 16.6 Å². The van der Waals surface area contributed by atoms with Crippen LogP contribution in [0, 0.1) is 0 Å². The lowest BCUT2D eigenvalue weighted by molar-refractivity contribution is -0.0116. The number of carbonyl (C=O) groups is 1. The first-order valence-electron chi connectivity index (χ1n) is 6.70. The first kappa shape index (κ1) is 15.1. The van der Waals surface area contributed by atoms with Crippen LogP contribution < -0.4 is 11.1 Å². The number of hydrogen-bond acceptors (Lipinski definition) is 7. The number of nitrogens with two attached hydrogens (primary N) is 1. The third-order valence-corrected chi connectivity index (χ3v) is 4.16. The number of anilines is 2. The zero-order valence-corrected chi connectivity index (χ0v) is 12.7. The molecule has 0 saturated carbocycles. The van der Waals surface area contributed by atoms with Crippen molar-refractivity contribution in [3.05, 3.63) is 10.9 Å². The molecule has 6 nitrogen and oxygen atoms in total. The van der Waals surface area contributed by atoms with Gasteiger partial charge < -0.3 is 25.4 Å². The van der Waals surface area contributed by atoms with Gasteiger partial charge in [0.15, 0.2) is 0 Å². The monoisotopic (exact) mass is 299 g/mol. The summed E-state index contributed by atoms with van der Waals surface area (Å²) in [6.07, 6.45) is 0.156. The minimum absolute atomic E-state index is 0.156. The lowest BCUT2D eigenvalue weighted by Gasteiger charge is -2.30. The Morgan fingerprint density at radius 1 is 1.70 bits per heavy atom. The molecular weight excluding hydrogens is 278 g/mol. The molecule has 1 aliphatic heterocycles. The molecule has 0 bridgehead atoms. The molecule has 112 valence electrons. The smallest absolute Gasteiger partial charge is 0.350 e. The fourth-order valence-electron chi connectivity index (χ4n) is 2.05. The topological polar surface area (TPSA) is 76.8 Å². The zero-order valence-electron chi connectivity index (χ0n) is 11.8. The van der Waals surface area contributed by atoms with E-state index in [-0.39, 0.29) is 12.1 Å². The molecule has 0 aromatic carbocycles. The van der Waals surface area contributed by atoms with Gasteiger partial charge in [-0.25, -0.2) is 4.79 Å². The van der Waals surface area contributed by atoms with Gasteiger partial charge in [0.25, 0.3) is 0 Å². The quantitative estimate of drug-likeness (QED) is 0.797. The van der Waals surface area contributed by atoms with E-state index < -0.39 is 0 Å². The van der Waals surface area contributed by atoms with Crippen molar-refractivity contribution in [3.8, 4) is 0 Å². The Kier molecular flexibility index (Phi) is 5.22. The van der Waals surface area contributed by atoms with E-state index in [0.29, 0.717) is 23.7 Å². The summed E-state index contributed by atoms with van der Waals surface area (Å²) in [5.41, 5.74) is 6.29. The van der Waals surface area contributed by atoms with Gasteiger partial charge in [0, 0.05) is 19.6 Å². The van der Waals surface area contributed by atoms with E-state index in [1.54, 1.807) is 13.0 Å². The summed E-state index contributed by atoms with van der Waals surface area (Å²) in [6.45, 7) is 5.45. The number of esters is 1. The minimum atomic E-state index is -0.364. The van der Waals surface area contributed by atoms with Crippen LogP contribution in [-0.4, -0.2) is 56.9 Å². The number of nitrogens with one attached hydrogen (secondary N) is 1. The molecule has 1 saturated heterocycles. The van der Waals surface area contributed by atoms with Crippen molar-refractivity contribution in [3.63, 3.8) is 0 Å². The number of likely N-dealkylation sites (N-methyl/N-ethyl adjacent to an activating group) is 1. The Balaban J connectivity index is 1.90. The molecule has 1 atom stereocenters. The minimum Gasteiger partial charge on any atom is -0.462 e. The summed E-state index contributed by atoms with van der Waals surface area (Å²) in [7, 11) is 2.08. The van der Waals surface area contributed by atoms with Crippen molar-refractivity contribution in [2.45, 2.75) is 13.0 Å². The maximum atomic E-state index is 11.7. The summed E-state index contributed by atoms with van der Waals surface area (Å²) >= 11 is 1.32. The van der Waals surface area contributed by atoms with Crippen molar-refractivity contribution < 1.29 is 14.3 Å². The molecule has 0 spiro atoms. The second-order valence-electron chi connectivity index (χ2n) is 4.75. The molecule has 0 aliphatic carbocycles. The molecule has 0 radical (unpaired) electrons. The third kappa shape index (κ3) is 3.84. The highest BCUT2D eigenvalue weighted by atomic mass is 32.1. The van der Waals surface area contributed by atoms with E-state index in [1.807, 2.05) is 0 Å². The molecule has 1 aromatic rings. The van der Waals surface area contributed by atoms with Gasteiger partial charge in [0.2, 0.25) is 0 Å². The predicted octanol–water partition coefficient (Wildman–Crippen LogP) is 1.25. The highest BCUT2D eigenvalue weighted by Gasteiger charge is 2.19. The second kappa shape index (κ2) is 6.92. The number of thiophene rings is 1. The summed E-state index contributed by atoms with van der Waals surface area (Å²) < 4.78 is 10.6. The van der Waals surface area contributed by atoms with E-state index in [1.165, 1.54) is 11.3 Å². The highest BCUT2D eigenvalue weighted by Crippen LogP contribution is 2.29. The van der Waals surface area contributed by atoms with Gasteiger partial charge in [-0.05, 0) is 20.0 Å². The van der Waals surface area contributed by atoms with Gasteiger partial charge >= 0.3 is 5.97 Å². The Labute approximate surface area is 122 Å². The van der Waals surface area contributed by atoms with Crippen LogP contribution in [0.3, 0.4) is 0 Å². The largest absolute Gasteiger partial charge is 0.462 e.